The summed E-state index contributed by atoms with van der Waals surface area (Å²) in [6, 6.07) is 1.75. The highest BCUT2D eigenvalue weighted by molar-refractivity contribution is 7.12. The van der Waals surface area contributed by atoms with Gasteiger partial charge in [-0.1, -0.05) is 19.8 Å². The highest BCUT2D eigenvalue weighted by Gasteiger charge is 2.25. The second kappa shape index (κ2) is 5.54. The lowest BCUT2D eigenvalue weighted by atomic mass is 9.85. The summed E-state index contributed by atoms with van der Waals surface area (Å²) in [4.78, 5) is 12.4. The van der Waals surface area contributed by atoms with E-state index in [0.717, 1.165) is 19.3 Å². The molecule has 1 aromatic rings. The predicted octanol–water partition coefficient (Wildman–Crippen LogP) is 3.46. The maximum atomic E-state index is 11.9. The molecule has 1 aromatic heterocycles. The molecule has 2 unspecified atom stereocenters. The fourth-order valence-electron chi connectivity index (χ4n) is 2.41. The molecule has 0 spiro atoms. The molecule has 17 heavy (non-hydrogen) atoms. The number of esters is 1. The van der Waals surface area contributed by atoms with Gasteiger partial charge in [-0.15, -0.1) is 11.3 Å². The smallest absolute Gasteiger partial charge is 0.350 e. The Morgan fingerprint density at radius 1 is 1.59 bits per heavy atom. The van der Waals surface area contributed by atoms with Crippen molar-refractivity contribution < 1.29 is 9.53 Å². The van der Waals surface area contributed by atoms with Crippen LogP contribution in [0.1, 0.15) is 48.7 Å². The van der Waals surface area contributed by atoms with Crippen LogP contribution in [-0.2, 0) is 4.74 Å². The lowest BCUT2D eigenvalue weighted by molar-refractivity contribution is 0.0146. The summed E-state index contributed by atoms with van der Waals surface area (Å²) in [5.74, 6) is 0.460. The summed E-state index contributed by atoms with van der Waals surface area (Å²) in [5, 5.41) is 1.82. The summed E-state index contributed by atoms with van der Waals surface area (Å²) in [6.45, 7) is 2.20. The predicted molar refractivity (Wildman–Crippen MR) is 70.2 cm³/mol. The number of hydrogen-bond donors (Lipinski definition) is 1. The lowest BCUT2D eigenvalue weighted by Crippen LogP contribution is -2.25. The molecule has 94 valence electrons. The number of thiophene rings is 1. The lowest BCUT2D eigenvalue weighted by Gasteiger charge is -2.28. The molecule has 0 aliphatic heterocycles. The number of ether oxygens (including phenoxy) is 1. The van der Waals surface area contributed by atoms with Crippen molar-refractivity contribution in [3.8, 4) is 0 Å². The largest absolute Gasteiger partial charge is 0.458 e. The van der Waals surface area contributed by atoms with E-state index in [2.05, 4.69) is 6.92 Å². The average molecular weight is 253 g/mol. The summed E-state index contributed by atoms with van der Waals surface area (Å²) in [5.41, 5.74) is 6.24. The van der Waals surface area contributed by atoms with Gasteiger partial charge in [0, 0.05) is 0 Å². The molecule has 0 bridgehead atoms. The summed E-state index contributed by atoms with van der Waals surface area (Å²) < 4.78 is 5.54. The van der Waals surface area contributed by atoms with E-state index in [4.69, 9.17) is 10.5 Å². The highest BCUT2D eigenvalue weighted by Crippen LogP contribution is 2.30. The van der Waals surface area contributed by atoms with E-state index in [1.54, 1.807) is 6.07 Å². The number of anilines is 1. The Morgan fingerprint density at radius 3 is 3.06 bits per heavy atom. The zero-order chi connectivity index (χ0) is 12.3. The van der Waals surface area contributed by atoms with Gasteiger partial charge in [-0.05, 0) is 36.6 Å². The molecule has 0 amide bonds. The number of rotatable bonds is 3. The van der Waals surface area contributed by atoms with E-state index in [0.29, 0.717) is 16.5 Å². The standard InChI is InChI=1S/C13H19NO2S/c1-2-9-4-3-5-10(8-9)16-13(15)12-11(14)6-7-17-12/h6-7,9-10H,2-5,8,14H2,1H3. The number of nitrogens with two attached hydrogens (primary N) is 1. The van der Waals surface area contributed by atoms with Gasteiger partial charge in [-0.3, -0.25) is 0 Å². The van der Waals surface area contributed by atoms with E-state index in [1.807, 2.05) is 5.38 Å². The van der Waals surface area contributed by atoms with Crippen LogP contribution in [0.25, 0.3) is 0 Å². The van der Waals surface area contributed by atoms with Crippen molar-refractivity contribution in [3.63, 3.8) is 0 Å². The first-order valence-corrected chi connectivity index (χ1v) is 7.12. The summed E-state index contributed by atoms with van der Waals surface area (Å²) in [6.07, 6.45) is 5.70. The van der Waals surface area contributed by atoms with Crippen LogP contribution in [0.15, 0.2) is 11.4 Å². The molecular formula is C13H19NO2S. The molecule has 1 aliphatic rings. The Morgan fingerprint density at radius 2 is 2.41 bits per heavy atom. The first-order valence-electron chi connectivity index (χ1n) is 6.24. The second-order valence-electron chi connectivity index (χ2n) is 4.67. The SMILES string of the molecule is CCC1CCCC(OC(=O)c2sccc2N)C1. The Balaban J connectivity index is 1.93. The Bertz CT molecular complexity index is 389. The van der Waals surface area contributed by atoms with Gasteiger partial charge in [-0.25, -0.2) is 4.79 Å². The van der Waals surface area contributed by atoms with Crippen LogP contribution in [0.3, 0.4) is 0 Å². The Kier molecular flexibility index (Phi) is 4.05. The molecule has 1 aliphatic carbocycles. The number of carbonyl (C=O) groups excluding carboxylic acids is 1. The van der Waals surface area contributed by atoms with Crippen molar-refractivity contribution in [3.05, 3.63) is 16.3 Å². The van der Waals surface area contributed by atoms with Crippen molar-refractivity contribution in [1.82, 2.24) is 0 Å². The van der Waals surface area contributed by atoms with E-state index in [-0.39, 0.29) is 12.1 Å². The number of carbonyl (C=O) groups is 1. The molecule has 1 fully saturated rings. The molecule has 4 heteroatoms. The van der Waals surface area contributed by atoms with E-state index in [1.165, 1.54) is 24.2 Å². The van der Waals surface area contributed by atoms with Crippen molar-refractivity contribution in [2.75, 3.05) is 5.73 Å². The molecule has 0 saturated heterocycles. The van der Waals surface area contributed by atoms with E-state index < -0.39 is 0 Å². The van der Waals surface area contributed by atoms with Crippen molar-refractivity contribution in [1.29, 1.82) is 0 Å². The van der Waals surface area contributed by atoms with Gasteiger partial charge < -0.3 is 10.5 Å². The average Bonchev–Trinajstić information content (AvgIpc) is 2.76. The zero-order valence-electron chi connectivity index (χ0n) is 10.1. The molecule has 2 atom stereocenters. The molecule has 1 heterocycles. The third-order valence-electron chi connectivity index (χ3n) is 3.47. The second-order valence-corrected chi connectivity index (χ2v) is 5.59. The minimum Gasteiger partial charge on any atom is -0.458 e. The van der Waals surface area contributed by atoms with Gasteiger partial charge in [0.15, 0.2) is 0 Å². The van der Waals surface area contributed by atoms with Crippen molar-refractivity contribution in [2.24, 2.45) is 5.92 Å². The third-order valence-corrected chi connectivity index (χ3v) is 4.38. The van der Waals surface area contributed by atoms with Gasteiger partial charge in [0.1, 0.15) is 11.0 Å². The van der Waals surface area contributed by atoms with Gasteiger partial charge in [0.05, 0.1) is 5.69 Å². The van der Waals surface area contributed by atoms with Crippen molar-refractivity contribution in [2.45, 2.75) is 45.1 Å². The van der Waals surface area contributed by atoms with E-state index >= 15 is 0 Å². The van der Waals surface area contributed by atoms with Gasteiger partial charge in [0.25, 0.3) is 0 Å². The zero-order valence-corrected chi connectivity index (χ0v) is 11.0. The normalized spacial score (nSPS) is 24.5. The third kappa shape index (κ3) is 3.00. The molecule has 1 saturated carbocycles. The summed E-state index contributed by atoms with van der Waals surface area (Å²) in [7, 11) is 0. The molecular weight excluding hydrogens is 234 g/mol. The van der Waals surface area contributed by atoms with Crippen LogP contribution in [0, 0.1) is 5.92 Å². The maximum Gasteiger partial charge on any atom is 0.350 e. The summed E-state index contributed by atoms with van der Waals surface area (Å²) >= 11 is 1.35. The Labute approximate surface area is 106 Å². The van der Waals surface area contributed by atoms with Gasteiger partial charge in [-0.2, -0.15) is 0 Å². The molecule has 3 nitrogen and oxygen atoms in total. The molecule has 2 N–H and O–H groups in total. The Hall–Kier alpha value is -1.03. The molecule has 2 rings (SSSR count). The fraction of sp³-hybridized carbons (Fsp3) is 0.615. The van der Waals surface area contributed by atoms with Gasteiger partial charge >= 0.3 is 5.97 Å². The topological polar surface area (TPSA) is 52.3 Å². The van der Waals surface area contributed by atoms with Crippen LogP contribution in [-0.4, -0.2) is 12.1 Å². The van der Waals surface area contributed by atoms with Crippen molar-refractivity contribution >= 4 is 23.0 Å². The minimum absolute atomic E-state index is 0.0858. The van der Waals surface area contributed by atoms with Crippen LogP contribution < -0.4 is 5.73 Å². The maximum absolute atomic E-state index is 11.9. The highest BCUT2D eigenvalue weighted by atomic mass is 32.1. The fourth-order valence-corrected chi connectivity index (χ4v) is 3.11. The molecule has 0 aromatic carbocycles. The van der Waals surface area contributed by atoms with Crippen LogP contribution in [0.2, 0.25) is 0 Å². The van der Waals surface area contributed by atoms with Crippen LogP contribution >= 0.6 is 11.3 Å². The van der Waals surface area contributed by atoms with Crippen LogP contribution in [0.4, 0.5) is 5.69 Å². The number of hydrogen-bond acceptors (Lipinski definition) is 4. The van der Waals surface area contributed by atoms with Crippen LogP contribution in [0.5, 0.6) is 0 Å². The number of nitrogen functional groups attached to an aromatic ring is 1. The van der Waals surface area contributed by atoms with Gasteiger partial charge in [0.2, 0.25) is 0 Å². The monoisotopic (exact) mass is 253 g/mol. The first-order chi connectivity index (χ1) is 8.20. The molecule has 0 radical (unpaired) electrons. The quantitative estimate of drug-likeness (QED) is 0.839. The first kappa shape index (κ1) is 12.4. The van der Waals surface area contributed by atoms with E-state index in [9.17, 15) is 4.79 Å². The minimum atomic E-state index is -0.251.